The molecule has 32 heavy (non-hydrogen) atoms. The van der Waals surface area contributed by atoms with Crippen LogP contribution < -0.4 is 9.47 Å². The van der Waals surface area contributed by atoms with Crippen LogP contribution in [0.4, 0.5) is 4.39 Å². The number of hydrogen-bond acceptors (Lipinski definition) is 5. The summed E-state index contributed by atoms with van der Waals surface area (Å²) in [5, 5.41) is 0. The average molecular weight is 465 g/mol. The second-order valence-electron chi connectivity index (χ2n) is 7.90. The highest BCUT2D eigenvalue weighted by Gasteiger charge is 2.32. The van der Waals surface area contributed by atoms with Crippen LogP contribution >= 0.6 is 0 Å². The molecule has 0 N–H and O–H groups in total. The fraction of sp³-hybridized carbons (Fsp3) is 0.435. The molecule has 1 heterocycles. The third-order valence-electron chi connectivity index (χ3n) is 5.74. The van der Waals surface area contributed by atoms with Crippen molar-refractivity contribution in [1.29, 1.82) is 0 Å². The number of carbonyl (C=O) groups excluding carboxylic acids is 1. The minimum absolute atomic E-state index is 0.0223. The first kappa shape index (κ1) is 24.0. The summed E-state index contributed by atoms with van der Waals surface area (Å²) in [6, 6.07) is 11.4. The maximum atomic E-state index is 13.9. The Morgan fingerprint density at radius 3 is 2.38 bits per heavy atom. The number of amides is 1. The molecule has 1 amide bonds. The van der Waals surface area contributed by atoms with Gasteiger partial charge in [0.25, 0.3) is 0 Å². The van der Waals surface area contributed by atoms with E-state index in [0.29, 0.717) is 30.9 Å². The van der Waals surface area contributed by atoms with Gasteiger partial charge < -0.3 is 14.4 Å². The van der Waals surface area contributed by atoms with Crippen molar-refractivity contribution >= 4 is 15.9 Å². The largest absolute Gasteiger partial charge is 0.493 e. The topological polar surface area (TPSA) is 76.2 Å². The lowest BCUT2D eigenvalue weighted by Crippen LogP contribution is -2.43. The molecular weight excluding hydrogens is 435 g/mol. The Labute approximate surface area is 188 Å². The molecule has 3 rings (SSSR count). The molecule has 1 aliphatic heterocycles. The Hall–Kier alpha value is -2.65. The summed E-state index contributed by atoms with van der Waals surface area (Å²) in [6.45, 7) is 0.903. The van der Waals surface area contributed by atoms with E-state index < -0.39 is 15.8 Å². The number of carbonyl (C=O) groups is 1. The number of methoxy groups -OCH3 is 2. The number of nitrogens with zero attached hydrogens (tertiary/aromatic N) is 2. The smallest absolute Gasteiger partial charge is 0.225 e. The number of sulfonamides is 1. The summed E-state index contributed by atoms with van der Waals surface area (Å²) in [5.74, 6) is 0.0367. The van der Waals surface area contributed by atoms with Crippen LogP contribution in [0.5, 0.6) is 11.5 Å². The van der Waals surface area contributed by atoms with Gasteiger partial charge in [-0.3, -0.25) is 4.79 Å². The van der Waals surface area contributed by atoms with Crippen LogP contribution in [0.2, 0.25) is 0 Å². The normalized spacial score (nSPS) is 15.4. The number of ether oxygens (including phenoxy) is 2. The molecule has 0 saturated carbocycles. The minimum Gasteiger partial charge on any atom is -0.493 e. The lowest BCUT2D eigenvalue weighted by atomic mass is 9.96. The van der Waals surface area contributed by atoms with Crippen LogP contribution in [0.1, 0.15) is 24.0 Å². The second-order valence-corrected chi connectivity index (χ2v) is 9.87. The highest BCUT2D eigenvalue weighted by Crippen LogP contribution is 2.29. The zero-order valence-corrected chi connectivity index (χ0v) is 19.4. The molecule has 1 aliphatic rings. The van der Waals surface area contributed by atoms with E-state index in [0.717, 1.165) is 5.56 Å². The first-order chi connectivity index (χ1) is 15.2. The monoisotopic (exact) mass is 464 g/mol. The Morgan fingerprint density at radius 1 is 1.09 bits per heavy atom. The van der Waals surface area contributed by atoms with Crippen molar-refractivity contribution in [3.63, 3.8) is 0 Å². The van der Waals surface area contributed by atoms with Crippen LogP contribution in [-0.4, -0.2) is 57.9 Å². The summed E-state index contributed by atoms with van der Waals surface area (Å²) in [6.07, 6.45) is 0.872. The van der Waals surface area contributed by atoms with Gasteiger partial charge in [0.15, 0.2) is 11.5 Å². The molecule has 0 aliphatic carbocycles. The SMILES string of the molecule is COc1ccc(CN(C)C(=O)C2CCN(S(=O)(=O)Cc3ccccc3F)CC2)cc1OC. The fourth-order valence-corrected chi connectivity index (χ4v) is 5.50. The van der Waals surface area contributed by atoms with E-state index in [4.69, 9.17) is 9.47 Å². The van der Waals surface area contributed by atoms with Gasteiger partial charge in [-0.2, -0.15) is 0 Å². The maximum Gasteiger partial charge on any atom is 0.225 e. The molecule has 0 aromatic heterocycles. The van der Waals surface area contributed by atoms with E-state index in [1.54, 1.807) is 38.3 Å². The van der Waals surface area contributed by atoms with Crippen LogP contribution in [0.15, 0.2) is 42.5 Å². The van der Waals surface area contributed by atoms with Gasteiger partial charge in [0.05, 0.1) is 20.0 Å². The molecule has 0 unspecified atom stereocenters. The predicted octanol–water partition coefficient (Wildman–Crippen LogP) is 3.04. The molecule has 0 atom stereocenters. The molecule has 2 aromatic carbocycles. The van der Waals surface area contributed by atoms with Crippen molar-refractivity contribution in [2.45, 2.75) is 25.1 Å². The number of piperidine rings is 1. The van der Waals surface area contributed by atoms with Crippen molar-refractivity contribution in [2.24, 2.45) is 5.92 Å². The van der Waals surface area contributed by atoms with E-state index in [1.807, 2.05) is 12.1 Å². The lowest BCUT2D eigenvalue weighted by Gasteiger charge is -2.32. The van der Waals surface area contributed by atoms with Crippen molar-refractivity contribution in [3.8, 4) is 11.5 Å². The highest BCUT2D eigenvalue weighted by atomic mass is 32.2. The molecule has 1 saturated heterocycles. The van der Waals surface area contributed by atoms with E-state index in [-0.39, 0.29) is 36.2 Å². The highest BCUT2D eigenvalue weighted by molar-refractivity contribution is 7.88. The number of rotatable bonds is 8. The maximum absolute atomic E-state index is 13.9. The van der Waals surface area contributed by atoms with Crippen LogP contribution in [-0.2, 0) is 27.1 Å². The Balaban J connectivity index is 1.57. The zero-order chi connectivity index (χ0) is 23.3. The Kier molecular flexibility index (Phi) is 7.73. The predicted molar refractivity (Wildman–Crippen MR) is 119 cm³/mol. The van der Waals surface area contributed by atoms with Crippen molar-refractivity contribution in [1.82, 2.24) is 9.21 Å². The molecule has 1 fully saturated rings. The molecule has 9 heteroatoms. The molecule has 0 spiro atoms. The number of hydrogen-bond donors (Lipinski definition) is 0. The summed E-state index contributed by atoms with van der Waals surface area (Å²) in [4.78, 5) is 14.6. The standard InChI is InChI=1S/C23H29FN2O5S/c1-25(15-17-8-9-21(30-2)22(14-17)31-3)23(27)18-10-12-26(13-11-18)32(28,29)16-19-6-4-5-7-20(19)24/h4-9,14,18H,10-13,15-16H2,1-3H3. The van der Waals surface area contributed by atoms with Crippen LogP contribution in [0, 0.1) is 11.7 Å². The summed E-state index contributed by atoms with van der Waals surface area (Å²) >= 11 is 0. The first-order valence-corrected chi connectivity index (χ1v) is 12.0. The fourth-order valence-electron chi connectivity index (χ4n) is 3.93. The molecule has 0 bridgehead atoms. The van der Waals surface area contributed by atoms with Gasteiger partial charge in [0.1, 0.15) is 5.82 Å². The van der Waals surface area contributed by atoms with Gasteiger partial charge in [-0.05, 0) is 36.6 Å². The van der Waals surface area contributed by atoms with E-state index in [2.05, 4.69) is 0 Å². The summed E-state index contributed by atoms with van der Waals surface area (Å²) < 4.78 is 51.2. The first-order valence-electron chi connectivity index (χ1n) is 10.4. The van der Waals surface area contributed by atoms with E-state index in [1.165, 1.54) is 22.5 Å². The molecule has 2 aromatic rings. The molecule has 0 radical (unpaired) electrons. The van der Waals surface area contributed by atoms with E-state index in [9.17, 15) is 17.6 Å². The molecular formula is C23H29FN2O5S. The Morgan fingerprint density at radius 2 is 1.75 bits per heavy atom. The molecule has 174 valence electrons. The zero-order valence-electron chi connectivity index (χ0n) is 18.6. The quantitative estimate of drug-likeness (QED) is 0.600. The third-order valence-corrected chi connectivity index (χ3v) is 7.56. The average Bonchev–Trinajstić information content (AvgIpc) is 2.80. The lowest BCUT2D eigenvalue weighted by molar-refractivity contribution is -0.135. The van der Waals surface area contributed by atoms with Gasteiger partial charge in [-0.1, -0.05) is 24.3 Å². The number of halogens is 1. The second kappa shape index (κ2) is 10.3. The van der Waals surface area contributed by atoms with E-state index >= 15 is 0 Å². The van der Waals surface area contributed by atoms with Gasteiger partial charge in [-0.25, -0.2) is 17.1 Å². The minimum atomic E-state index is -3.65. The van der Waals surface area contributed by atoms with Crippen LogP contribution in [0.25, 0.3) is 0 Å². The summed E-state index contributed by atoms with van der Waals surface area (Å²) in [5.41, 5.74) is 1.06. The third kappa shape index (κ3) is 5.58. The molecule has 7 nitrogen and oxygen atoms in total. The Bertz CT molecular complexity index is 1050. The van der Waals surface area contributed by atoms with Crippen molar-refractivity contribution < 1.29 is 27.1 Å². The van der Waals surface area contributed by atoms with Crippen molar-refractivity contribution in [2.75, 3.05) is 34.4 Å². The van der Waals surface area contributed by atoms with Crippen LogP contribution in [0.3, 0.4) is 0 Å². The van der Waals surface area contributed by atoms with Gasteiger partial charge in [0.2, 0.25) is 15.9 Å². The number of benzene rings is 2. The summed E-state index contributed by atoms with van der Waals surface area (Å²) in [7, 11) is 1.21. The van der Waals surface area contributed by atoms with Gasteiger partial charge in [-0.15, -0.1) is 0 Å². The van der Waals surface area contributed by atoms with Gasteiger partial charge >= 0.3 is 0 Å². The van der Waals surface area contributed by atoms with Crippen molar-refractivity contribution in [3.05, 3.63) is 59.4 Å². The van der Waals surface area contributed by atoms with Gasteiger partial charge in [0, 0.05) is 38.2 Å².